The lowest BCUT2D eigenvalue weighted by atomic mass is 10.2. The number of hydrogen-bond acceptors (Lipinski definition) is 3. The summed E-state index contributed by atoms with van der Waals surface area (Å²) in [4.78, 5) is 8.71. The fourth-order valence-electron chi connectivity index (χ4n) is 1.66. The van der Waals surface area contributed by atoms with E-state index in [2.05, 4.69) is 9.98 Å². The normalized spacial score (nSPS) is 10.8. The Balaban J connectivity index is 2.32. The van der Waals surface area contributed by atoms with Crippen LogP contribution in [0.1, 0.15) is 16.8 Å². The van der Waals surface area contributed by atoms with Gasteiger partial charge in [0.25, 0.3) is 0 Å². The van der Waals surface area contributed by atoms with Gasteiger partial charge in [0.1, 0.15) is 11.4 Å². The minimum Gasteiger partial charge on any atom is -0.494 e. The topological polar surface area (TPSA) is 34.5 Å². The number of ether oxygens (including phenoxy) is 1. The van der Waals surface area contributed by atoms with E-state index in [0.717, 1.165) is 28.3 Å². The summed E-state index contributed by atoms with van der Waals surface area (Å²) in [6.07, 6.45) is 3.53. The predicted molar refractivity (Wildman–Crippen MR) is 74.0 cm³/mol. The first-order valence-electron chi connectivity index (χ1n) is 5.81. The summed E-state index contributed by atoms with van der Waals surface area (Å²) < 4.78 is 5.31. The van der Waals surface area contributed by atoms with Crippen molar-refractivity contribution in [3.8, 4) is 5.75 Å². The molecule has 0 N–H and O–H groups in total. The maximum Gasteiger partial charge on any atom is 0.144 e. The van der Waals surface area contributed by atoms with Gasteiger partial charge in [0, 0.05) is 6.20 Å². The van der Waals surface area contributed by atoms with Crippen molar-refractivity contribution in [3.05, 3.63) is 53.3 Å². The summed E-state index contributed by atoms with van der Waals surface area (Å²) in [7, 11) is 1.65. The van der Waals surface area contributed by atoms with Crippen LogP contribution in [0.25, 0.3) is 0 Å². The molecule has 0 unspecified atom stereocenters. The number of pyridine rings is 1. The van der Waals surface area contributed by atoms with Crippen molar-refractivity contribution < 1.29 is 4.74 Å². The average molecular weight is 240 g/mol. The van der Waals surface area contributed by atoms with Gasteiger partial charge in [0.15, 0.2) is 0 Å². The zero-order valence-corrected chi connectivity index (χ0v) is 10.8. The second-order valence-electron chi connectivity index (χ2n) is 4.14. The van der Waals surface area contributed by atoms with Crippen molar-refractivity contribution in [1.82, 2.24) is 4.98 Å². The van der Waals surface area contributed by atoms with Gasteiger partial charge in [-0.15, -0.1) is 0 Å². The minimum atomic E-state index is 0.778. The molecular formula is C15H16N2O. The summed E-state index contributed by atoms with van der Waals surface area (Å²) in [6, 6.07) is 9.86. The number of rotatable bonds is 3. The number of benzene rings is 1. The highest BCUT2D eigenvalue weighted by molar-refractivity contribution is 5.82. The van der Waals surface area contributed by atoms with Gasteiger partial charge >= 0.3 is 0 Å². The molecule has 2 rings (SSSR count). The summed E-state index contributed by atoms with van der Waals surface area (Å²) >= 11 is 0. The van der Waals surface area contributed by atoms with E-state index in [-0.39, 0.29) is 0 Å². The van der Waals surface area contributed by atoms with E-state index in [9.17, 15) is 0 Å². The number of methoxy groups -OCH3 is 1. The van der Waals surface area contributed by atoms with Crippen LogP contribution in [0.4, 0.5) is 5.69 Å². The van der Waals surface area contributed by atoms with Crippen molar-refractivity contribution in [2.75, 3.05) is 7.11 Å². The number of nitrogens with zero attached hydrogens (tertiary/aromatic N) is 2. The summed E-state index contributed by atoms with van der Waals surface area (Å²) in [5, 5.41) is 0. The highest BCUT2D eigenvalue weighted by Gasteiger charge is 2.01. The molecule has 1 aromatic heterocycles. The summed E-state index contributed by atoms with van der Waals surface area (Å²) in [5.74, 6) is 0.778. The van der Waals surface area contributed by atoms with Gasteiger partial charge in [0.05, 0.1) is 19.0 Å². The van der Waals surface area contributed by atoms with Gasteiger partial charge in [-0.2, -0.15) is 0 Å². The Morgan fingerprint density at radius 1 is 1.22 bits per heavy atom. The van der Waals surface area contributed by atoms with Gasteiger partial charge in [0.2, 0.25) is 0 Å². The highest BCUT2D eigenvalue weighted by Crippen LogP contribution is 2.27. The summed E-state index contributed by atoms with van der Waals surface area (Å²) in [5.41, 5.74) is 3.94. The predicted octanol–water partition coefficient (Wildman–Crippen LogP) is 3.46. The Hall–Kier alpha value is -2.16. The molecular weight excluding hydrogens is 224 g/mol. The molecule has 0 aliphatic rings. The van der Waals surface area contributed by atoms with Crippen LogP contribution >= 0.6 is 0 Å². The van der Waals surface area contributed by atoms with Crippen molar-refractivity contribution in [3.63, 3.8) is 0 Å². The Kier molecular flexibility index (Phi) is 3.72. The largest absolute Gasteiger partial charge is 0.494 e. The number of hydrogen-bond donors (Lipinski definition) is 0. The van der Waals surface area contributed by atoms with Crippen LogP contribution < -0.4 is 4.74 Å². The van der Waals surface area contributed by atoms with E-state index in [4.69, 9.17) is 4.74 Å². The van der Waals surface area contributed by atoms with Crippen LogP contribution in [0, 0.1) is 13.8 Å². The van der Waals surface area contributed by atoms with Crippen LogP contribution in [0.3, 0.4) is 0 Å². The lowest BCUT2D eigenvalue weighted by Crippen LogP contribution is -1.91. The second-order valence-corrected chi connectivity index (χ2v) is 4.14. The molecule has 0 amide bonds. The molecule has 0 fully saturated rings. The number of aliphatic imine (C=N–C) groups is 1. The molecule has 0 atom stereocenters. The third-order valence-corrected chi connectivity index (χ3v) is 2.71. The lowest BCUT2D eigenvalue weighted by molar-refractivity contribution is 0.416. The number of aryl methyl sites for hydroxylation is 2. The van der Waals surface area contributed by atoms with Crippen LogP contribution in [-0.2, 0) is 0 Å². The third kappa shape index (κ3) is 2.74. The monoisotopic (exact) mass is 240 g/mol. The first-order chi connectivity index (χ1) is 8.70. The first kappa shape index (κ1) is 12.3. The van der Waals surface area contributed by atoms with E-state index in [1.54, 1.807) is 19.5 Å². The van der Waals surface area contributed by atoms with Crippen molar-refractivity contribution in [1.29, 1.82) is 0 Å². The fraction of sp³-hybridized carbons (Fsp3) is 0.200. The van der Waals surface area contributed by atoms with Gasteiger partial charge in [-0.3, -0.25) is 9.98 Å². The van der Waals surface area contributed by atoms with E-state index >= 15 is 0 Å². The maximum absolute atomic E-state index is 5.31. The Labute approximate surface area is 107 Å². The zero-order chi connectivity index (χ0) is 13.0. The molecule has 2 aromatic rings. The van der Waals surface area contributed by atoms with Crippen molar-refractivity contribution >= 4 is 11.9 Å². The van der Waals surface area contributed by atoms with E-state index < -0.39 is 0 Å². The molecule has 3 nitrogen and oxygen atoms in total. The van der Waals surface area contributed by atoms with Gasteiger partial charge in [-0.25, -0.2) is 0 Å². The lowest BCUT2D eigenvalue weighted by Gasteiger charge is -2.05. The smallest absolute Gasteiger partial charge is 0.144 e. The number of aromatic nitrogens is 1. The molecule has 0 aliphatic heterocycles. The molecule has 0 saturated carbocycles. The molecule has 0 spiro atoms. The SMILES string of the molecule is COc1cc(C)ccc1N=Cc1ncccc1C. The molecule has 0 aliphatic carbocycles. The van der Waals surface area contributed by atoms with Gasteiger partial charge in [-0.1, -0.05) is 12.1 Å². The van der Waals surface area contributed by atoms with Gasteiger partial charge in [-0.05, 0) is 43.2 Å². The maximum atomic E-state index is 5.31. The molecule has 1 aromatic carbocycles. The molecule has 1 heterocycles. The van der Waals surface area contributed by atoms with E-state index in [0.29, 0.717) is 0 Å². The Morgan fingerprint density at radius 3 is 2.78 bits per heavy atom. The first-order valence-corrected chi connectivity index (χ1v) is 5.81. The van der Waals surface area contributed by atoms with E-state index in [1.807, 2.05) is 44.2 Å². The molecule has 0 radical (unpaired) electrons. The third-order valence-electron chi connectivity index (χ3n) is 2.71. The Bertz CT molecular complexity index is 576. The van der Waals surface area contributed by atoms with Crippen molar-refractivity contribution in [2.45, 2.75) is 13.8 Å². The van der Waals surface area contributed by atoms with Crippen LogP contribution in [-0.4, -0.2) is 18.3 Å². The zero-order valence-electron chi connectivity index (χ0n) is 10.8. The second kappa shape index (κ2) is 5.45. The van der Waals surface area contributed by atoms with Crippen LogP contribution in [0.2, 0.25) is 0 Å². The molecule has 0 bridgehead atoms. The molecule has 3 heteroatoms. The van der Waals surface area contributed by atoms with Gasteiger partial charge < -0.3 is 4.74 Å². The fourth-order valence-corrected chi connectivity index (χ4v) is 1.66. The average Bonchev–Trinajstić information content (AvgIpc) is 2.39. The van der Waals surface area contributed by atoms with E-state index in [1.165, 1.54) is 0 Å². The van der Waals surface area contributed by atoms with Crippen LogP contribution in [0.15, 0.2) is 41.5 Å². The summed E-state index contributed by atoms with van der Waals surface area (Å²) in [6.45, 7) is 4.04. The highest BCUT2D eigenvalue weighted by atomic mass is 16.5. The standard InChI is InChI=1S/C15H16N2O/c1-11-6-7-13(15(9-11)18-3)17-10-14-12(2)5-4-8-16-14/h4-10H,1-3H3. The molecule has 92 valence electrons. The van der Waals surface area contributed by atoms with Crippen LogP contribution in [0.5, 0.6) is 5.75 Å². The van der Waals surface area contributed by atoms with Crippen molar-refractivity contribution in [2.24, 2.45) is 4.99 Å². The Morgan fingerprint density at radius 2 is 2.06 bits per heavy atom. The molecule has 0 saturated heterocycles. The minimum absolute atomic E-state index is 0.778. The molecule has 18 heavy (non-hydrogen) atoms. The quantitative estimate of drug-likeness (QED) is 0.770.